The van der Waals surface area contributed by atoms with Crippen LogP contribution in [-0.2, 0) is 0 Å². The molecule has 1 fully saturated rings. The Morgan fingerprint density at radius 2 is 2.29 bits per heavy atom. The first kappa shape index (κ1) is 15.8. The molecule has 1 aromatic rings. The van der Waals surface area contributed by atoms with Crippen molar-refractivity contribution in [3.05, 3.63) is 23.9 Å². The highest BCUT2D eigenvalue weighted by Crippen LogP contribution is 2.23. The Labute approximate surface area is 125 Å². The number of aromatic nitrogens is 1. The van der Waals surface area contributed by atoms with Gasteiger partial charge in [-0.25, -0.2) is 4.98 Å². The van der Waals surface area contributed by atoms with Gasteiger partial charge in [0.05, 0.1) is 12.2 Å². The predicted octanol–water partition coefficient (Wildman–Crippen LogP) is 2.15. The van der Waals surface area contributed by atoms with Crippen LogP contribution in [0.3, 0.4) is 0 Å². The third-order valence-electron chi connectivity index (χ3n) is 3.62. The van der Waals surface area contributed by atoms with Crippen molar-refractivity contribution in [3.63, 3.8) is 0 Å². The molecule has 0 aliphatic heterocycles. The standard InChI is InChI=1S/C16H24N2O3/c1-11(2)21-15-8-4-7-14(18-15)16(20)17-10-12-5-3-6-13(19)9-12/h4,7-8,11-13,19H,3,5-6,9-10H2,1-2H3,(H,17,20). The molecule has 5 heteroatoms. The molecule has 5 nitrogen and oxygen atoms in total. The van der Waals surface area contributed by atoms with Crippen LogP contribution in [0, 0.1) is 5.92 Å². The van der Waals surface area contributed by atoms with Crippen LogP contribution in [0.25, 0.3) is 0 Å². The number of aliphatic hydroxyl groups is 1. The highest BCUT2D eigenvalue weighted by atomic mass is 16.5. The largest absolute Gasteiger partial charge is 0.475 e. The molecule has 0 aromatic carbocycles. The smallest absolute Gasteiger partial charge is 0.270 e. The van der Waals surface area contributed by atoms with Crippen LogP contribution in [0.15, 0.2) is 18.2 Å². The topological polar surface area (TPSA) is 71.5 Å². The molecule has 0 saturated heterocycles. The Morgan fingerprint density at radius 1 is 1.48 bits per heavy atom. The molecular weight excluding hydrogens is 268 g/mol. The Morgan fingerprint density at radius 3 is 3.00 bits per heavy atom. The van der Waals surface area contributed by atoms with E-state index in [2.05, 4.69) is 10.3 Å². The number of amides is 1. The highest BCUT2D eigenvalue weighted by molar-refractivity contribution is 5.92. The third kappa shape index (κ3) is 5.01. The molecule has 0 bridgehead atoms. The minimum absolute atomic E-state index is 0.0273. The summed E-state index contributed by atoms with van der Waals surface area (Å²) in [5.74, 6) is 0.628. The van der Waals surface area contributed by atoms with E-state index in [1.807, 2.05) is 13.8 Å². The second-order valence-corrected chi connectivity index (χ2v) is 5.92. The number of nitrogens with one attached hydrogen (secondary N) is 1. The van der Waals surface area contributed by atoms with Crippen LogP contribution >= 0.6 is 0 Å². The molecule has 2 N–H and O–H groups in total. The summed E-state index contributed by atoms with van der Waals surface area (Å²) in [4.78, 5) is 16.3. The first-order chi connectivity index (χ1) is 10.0. The fourth-order valence-electron chi connectivity index (χ4n) is 2.62. The molecule has 1 saturated carbocycles. The Bertz CT molecular complexity index is 476. The normalized spacial score (nSPS) is 22.1. The van der Waals surface area contributed by atoms with Gasteiger partial charge in [0.15, 0.2) is 0 Å². The molecule has 1 amide bonds. The van der Waals surface area contributed by atoms with Crippen molar-refractivity contribution in [1.29, 1.82) is 0 Å². The fourth-order valence-corrected chi connectivity index (χ4v) is 2.62. The number of nitrogens with zero attached hydrogens (tertiary/aromatic N) is 1. The monoisotopic (exact) mass is 292 g/mol. The highest BCUT2D eigenvalue weighted by Gasteiger charge is 2.21. The van der Waals surface area contributed by atoms with E-state index in [-0.39, 0.29) is 18.1 Å². The first-order valence-electron chi connectivity index (χ1n) is 7.64. The van der Waals surface area contributed by atoms with Gasteiger partial charge >= 0.3 is 0 Å². The maximum Gasteiger partial charge on any atom is 0.270 e. The zero-order valence-electron chi connectivity index (χ0n) is 12.7. The van der Waals surface area contributed by atoms with Crippen molar-refractivity contribution in [2.75, 3.05) is 6.54 Å². The SMILES string of the molecule is CC(C)Oc1cccc(C(=O)NCC2CCCC(O)C2)n1. The van der Waals surface area contributed by atoms with E-state index >= 15 is 0 Å². The minimum atomic E-state index is -0.221. The average molecular weight is 292 g/mol. The lowest BCUT2D eigenvalue weighted by Crippen LogP contribution is -2.33. The molecule has 0 radical (unpaired) electrons. The van der Waals surface area contributed by atoms with E-state index in [1.165, 1.54) is 0 Å². The maximum atomic E-state index is 12.1. The van der Waals surface area contributed by atoms with Gasteiger partial charge in [-0.05, 0) is 45.1 Å². The van der Waals surface area contributed by atoms with E-state index in [0.717, 1.165) is 25.7 Å². The van der Waals surface area contributed by atoms with Crippen LogP contribution in [0.5, 0.6) is 5.88 Å². The Balaban J connectivity index is 1.88. The van der Waals surface area contributed by atoms with Crippen molar-refractivity contribution >= 4 is 5.91 Å². The van der Waals surface area contributed by atoms with Gasteiger partial charge in [0, 0.05) is 12.6 Å². The summed E-state index contributed by atoms with van der Waals surface area (Å²) in [7, 11) is 0. The average Bonchev–Trinajstić information content (AvgIpc) is 2.44. The Kier molecular flexibility index (Phi) is 5.56. The van der Waals surface area contributed by atoms with Crippen molar-refractivity contribution < 1.29 is 14.6 Å². The molecule has 1 aliphatic rings. The zero-order chi connectivity index (χ0) is 15.2. The number of hydrogen-bond donors (Lipinski definition) is 2. The Hall–Kier alpha value is -1.62. The number of rotatable bonds is 5. The molecule has 1 aliphatic carbocycles. The first-order valence-corrected chi connectivity index (χ1v) is 7.64. The van der Waals surface area contributed by atoms with Gasteiger partial charge in [0.25, 0.3) is 5.91 Å². The van der Waals surface area contributed by atoms with Crippen LogP contribution in [0.4, 0.5) is 0 Å². The summed E-state index contributed by atoms with van der Waals surface area (Å²) in [5.41, 5.74) is 0.365. The van der Waals surface area contributed by atoms with Crippen molar-refractivity contribution in [2.45, 2.75) is 51.7 Å². The van der Waals surface area contributed by atoms with Gasteiger partial charge in [-0.1, -0.05) is 12.5 Å². The molecule has 2 rings (SSSR count). The summed E-state index contributed by atoms with van der Waals surface area (Å²) in [5, 5.41) is 12.5. The minimum Gasteiger partial charge on any atom is -0.475 e. The number of carbonyl (C=O) groups excluding carboxylic acids is 1. The molecule has 0 spiro atoms. The molecule has 1 aromatic heterocycles. The van der Waals surface area contributed by atoms with E-state index in [9.17, 15) is 9.90 Å². The molecule has 21 heavy (non-hydrogen) atoms. The van der Waals surface area contributed by atoms with Gasteiger partial charge in [-0.2, -0.15) is 0 Å². The van der Waals surface area contributed by atoms with Crippen molar-refractivity contribution in [3.8, 4) is 5.88 Å². The third-order valence-corrected chi connectivity index (χ3v) is 3.62. The lowest BCUT2D eigenvalue weighted by Gasteiger charge is -2.25. The van der Waals surface area contributed by atoms with E-state index in [1.54, 1.807) is 18.2 Å². The number of pyridine rings is 1. The second-order valence-electron chi connectivity index (χ2n) is 5.92. The lowest BCUT2D eigenvalue weighted by atomic mass is 9.87. The van der Waals surface area contributed by atoms with Gasteiger partial charge in [0.2, 0.25) is 5.88 Å². The predicted molar refractivity (Wildman–Crippen MR) is 80.3 cm³/mol. The van der Waals surface area contributed by atoms with Crippen LogP contribution in [0.2, 0.25) is 0 Å². The molecular formula is C16H24N2O3. The quantitative estimate of drug-likeness (QED) is 0.872. The summed E-state index contributed by atoms with van der Waals surface area (Å²) in [6.07, 6.45) is 3.53. The van der Waals surface area contributed by atoms with Crippen molar-refractivity contribution in [2.24, 2.45) is 5.92 Å². The van der Waals surface area contributed by atoms with Crippen molar-refractivity contribution in [1.82, 2.24) is 10.3 Å². The van der Waals surface area contributed by atoms with E-state index < -0.39 is 0 Å². The fraction of sp³-hybridized carbons (Fsp3) is 0.625. The van der Waals surface area contributed by atoms with Gasteiger partial charge < -0.3 is 15.2 Å². The zero-order valence-corrected chi connectivity index (χ0v) is 12.7. The lowest BCUT2D eigenvalue weighted by molar-refractivity contribution is 0.0869. The molecule has 2 atom stereocenters. The number of carbonyl (C=O) groups is 1. The second kappa shape index (κ2) is 7.41. The number of hydrogen-bond acceptors (Lipinski definition) is 4. The van der Waals surface area contributed by atoms with Gasteiger partial charge in [-0.15, -0.1) is 0 Å². The van der Waals surface area contributed by atoms with E-state index in [0.29, 0.717) is 24.0 Å². The van der Waals surface area contributed by atoms with Crippen LogP contribution < -0.4 is 10.1 Å². The number of ether oxygens (including phenoxy) is 1. The summed E-state index contributed by atoms with van der Waals surface area (Å²) in [6, 6.07) is 5.19. The number of aliphatic hydroxyl groups excluding tert-OH is 1. The summed E-state index contributed by atoms with van der Waals surface area (Å²) >= 11 is 0. The van der Waals surface area contributed by atoms with Crippen LogP contribution in [-0.4, -0.2) is 34.8 Å². The maximum absolute atomic E-state index is 12.1. The van der Waals surface area contributed by atoms with E-state index in [4.69, 9.17) is 4.74 Å². The summed E-state index contributed by atoms with van der Waals surface area (Å²) < 4.78 is 5.49. The van der Waals surface area contributed by atoms with Crippen LogP contribution in [0.1, 0.15) is 50.0 Å². The molecule has 2 unspecified atom stereocenters. The van der Waals surface area contributed by atoms with Gasteiger partial charge in [0.1, 0.15) is 5.69 Å². The molecule has 1 heterocycles. The van der Waals surface area contributed by atoms with Gasteiger partial charge in [-0.3, -0.25) is 4.79 Å². The molecule has 116 valence electrons. The summed E-state index contributed by atoms with van der Waals surface area (Å²) in [6.45, 7) is 4.43.